The van der Waals surface area contributed by atoms with Crippen LogP contribution in [0.2, 0.25) is 0 Å². The predicted molar refractivity (Wildman–Crippen MR) is 123 cm³/mol. The fourth-order valence-electron chi connectivity index (χ4n) is 3.09. The van der Waals surface area contributed by atoms with E-state index in [0.29, 0.717) is 23.8 Å². The van der Waals surface area contributed by atoms with Crippen LogP contribution in [0.5, 0.6) is 0 Å². The summed E-state index contributed by atoms with van der Waals surface area (Å²) >= 11 is 1.37. The largest absolute Gasteiger partial charge is 0.347 e. The summed E-state index contributed by atoms with van der Waals surface area (Å²) in [5.41, 5.74) is 4.12. The van der Waals surface area contributed by atoms with Crippen LogP contribution in [0.25, 0.3) is 0 Å². The van der Waals surface area contributed by atoms with Gasteiger partial charge in [0, 0.05) is 36.0 Å². The third-order valence-corrected chi connectivity index (χ3v) is 5.70. The summed E-state index contributed by atoms with van der Waals surface area (Å²) in [5.74, 6) is -0.248. The summed E-state index contributed by atoms with van der Waals surface area (Å²) in [7, 11) is 0. The molecule has 3 rings (SSSR count). The predicted octanol–water partition coefficient (Wildman–Crippen LogP) is 4.53. The van der Waals surface area contributed by atoms with Gasteiger partial charge in [-0.3, -0.25) is 9.78 Å². The highest BCUT2D eigenvalue weighted by Gasteiger charge is 2.21. The zero-order valence-corrected chi connectivity index (χ0v) is 19.0. The molecule has 8 heteroatoms. The molecule has 0 aliphatic carbocycles. The number of carbonyl (C=O) groups excluding carboxylic acids is 2. The number of nitrogens with zero attached hydrogens (tertiary/aromatic N) is 3. The maximum atomic E-state index is 13.0. The van der Waals surface area contributed by atoms with Crippen molar-refractivity contribution in [3.05, 3.63) is 75.5 Å². The first-order chi connectivity index (χ1) is 14.8. The van der Waals surface area contributed by atoms with E-state index in [2.05, 4.69) is 20.6 Å². The van der Waals surface area contributed by atoms with Gasteiger partial charge in [-0.15, -0.1) is 11.3 Å². The Morgan fingerprint density at radius 2 is 1.87 bits per heavy atom. The highest BCUT2D eigenvalue weighted by molar-refractivity contribution is 7.09. The van der Waals surface area contributed by atoms with Crippen molar-refractivity contribution in [3.63, 3.8) is 0 Å². The van der Waals surface area contributed by atoms with Gasteiger partial charge in [0.05, 0.1) is 6.54 Å². The molecule has 0 atom stereocenters. The Bertz CT molecular complexity index is 1030. The van der Waals surface area contributed by atoms with Crippen molar-refractivity contribution < 1.29 is 9.59 Å². The van der Waals surface area contributed by atoms with Gasteiger partial charge in [-0.2, -0.15) is 0 Å². The number of aryl methyl sites for hydroxylation is 2. The molecule has 1 aromatic carbocycles. The van der Waals surface area contributed by atoms with Crippen molar-refractivity contribution in [1.82, 2.24) is 20.2 Å². The van der Waals surface area contributed by atoms with Crippen molar-refractivity contribution in [2.75, 3.05) is 5.32 Å². The van der Waals surface area contributed by atoms with Gasteiger partial charge in [-0.25, -0.2) is 9.78 Å². The molecule has 0 spiro atoms. The highest BCUT2D eigenvalue weighted by atomic mass is 32.1. The van der Waals surface area contributed by atoms with Crippen LogP contribution in [0.1, 0.15) is 46.0 Å². The Morgan fingerprint density at radius 3 is 2.52 bits per heavy atom. The maximum Gasteiger partial charge on any atom is 0.322 e. The molecular weight excluding hydrogens is 410 g/mol. The minimum Gasteiger partial charge on any atom is -0.347 e. The molecule has 2 heterocycles. The number of urea groups is 1. The standard InChI is InChI=1S/C23H27N5O2S/c1-15(2)28(23(30)27-21-16(3)7-5-8-17(21)4)13-20-26-19(14-31-20)22(29)25-12-18-9-6-10-24-11-18/h5-11,14-15H,12-13H2,1-4H3,(H,25,29)(H,27,30). The molecule has 0 fully saturated rings. The molecule has 0 radical (unpaired) electrons. The molecule has 0 aliphatic heterocycles. The van der Waals surface area contributed by atoms with Gasteiger partial charge in [0.25, 0.3) is 5.91 Å². The molecule has 0 aliphatic rings. The summed E-state index contributed by atoms with van der Waals surface area (Å²) in [4.78, 5) is 35.6. The lowest BCUT2D eigenvalue weighted by Crippen LogP contribution is -2.39. The van der Waals surface area contributed by atoms with E-state index >= 15 is 0 Å². The van der Waals surface area contributed by atoms with E-state index in [9.17, 15) is 9.59 Å². The first kappa shape index (κ1) is 22.4. The van der Waals surface area contributed by atoms with Gasteiger partial charge < -0.3 is 15.5 Å². The SMILES string of the molecule is Cc1cccc(C)c1NC(=O)N(Cc1nc(C(=O)NCc2cccnc2)cs1)C(C)C. The quantitative estimate of drug-likeness (QED) is 0.569. The van der Waals surface area contributed by atoms with Gasteiger partial charge in [0.15, 0.2) is 0 Å². The summed E-state index contributed by atoms with van der Waals surface area (Å²) in [6.07, 6.45) is 3.40. The van der Waals surface area contributed by atoms with E-state index in [1.807, 2.05) is 58.0 Å². The van der Waals surface area contributed by atoms with E-state index in [1.165, 1.54) is 11.3 Å². The number of hydrogen-bond acceptors (Lipinski definition) is 5. The molecule has 7 nitrogen and oxygen atoms in total. The van der Waals surface area contributed by atoms with E-state index in [1.54, 1.807) is 22.7 Å². The normalized spacial score (nSPS) is 10.7. The van der Waals surface area contributed by atoms with Crippen molar-refractivity contribution >= 4 is 29.0 Å². The highest BCUT2D eigenvalue weighted by Crippen LogP contribution is 2.21. The van der Waals surface area contributed by atoms with Crippen molar-refractivity contribution in [1.29, 1.82) is 0 Å². The number of amides is 3. The number of para-hydroxylation sites is 1. The number of anilines is 1. The smallest absolute Gasteiger partial charge is 0.322 e. The van der Waals surface area contributed by atoms with Gasteiger partial charge in [-0.05, 0) is 50.5 Å². The Balaban J connectivity index is 1.64. The molecule has 162 valence electrons. The zero-order chi connectivity index (χ0) is 22.4. The molecule has 3 amide bonds. The number of rotatable bonds is 7. The number of hydrogen-bond donors (Lipinski definition) is 2. The van der Waals surface area contributed by atoms with Crippen LogP contribution in [0, 0.1) is 13.8 Å². The number of benzene rings is 1. The van der Waals surface area contributed by atoms with E-state index in [4.69, 9.17) is 0 Å². The molecule has 0 saturated heterocycles. The van der Waals surface area contributed by atoms with Crippen LogP contribution in [0.4, 0.5) is 10.5 Å². The Labute approximate surface area is 186 Å². The minimum atomic E-state index is -0.248. The second-order valence-electron chi connectivity index (χ2n) is 7.59. The average Bonchev–Trinajstić information content (AvgIpc) is 3.22. The van der Waals surface area contributed by atoms with Crippen LogP contribution >= 0.6 is 11.3 Å². The Morgan fingerprint density at radius 1 is 1.13 bits per heavy atom. The van der Waals surface area contributed by atoms with Crippen molar-refractivity contribution in [2.24, 2.45) is 0 Å². The fourth-order valence-corrected chi connectivity index (χ4v) is 3.86. The maximum absolute atomic E-state index is 13.0. The lowest BCUT2D eigenvalue weighted by molar-refractivity contribution is 0.0946. The van der Waals surface area contributed by atoms with Crippen LogP contribution in [0.3, 0.4) is 0 Å². The second kappa shape index (κ2) is 10.2. The van der Waals surface area contributed by atoms with Gasteiger partial charge in [0.1, 0.15) is 10.7 Å². The van der Waals surface area contributed by atoms with Crippen LogP contribution in [-0.4, -0.2) is 32.8 Å². The van der Waals surface area contributed by atoms with E-state index in [-0.39, 0.29) is 18.0 Å². The average molecular weight is 438 g/mol. The molecule has 3 aromatic rings. The fraction of sp³-hybridized carbons (Fsp3) is 0.304. The summed E-state index contributed by atoms with van der Waals surface area (Å²) < 4.78 is 0. The molecule has 0 bridgehead atoms. The Hall–Kier alpha value is -3.26. The number of aromatic nitrogens is 2. The third kappa shape index (κ3) is 5.88. The van der Waals surface area contributed by atoms with Crippen molar-refractivity contribution in [2.45, 2.75) is 46.8 Å². The number of nitrogens with one attached hydrogen (secondary N) is 2. The summed E-state index contributed by atoms with van der Waals surface area (Å²) in [6.45, 7) is 8.57. The van der Waals surface area contributed by atoms with E-state index < -0.39 is 0 Å². The molecule has 0 unspecified atom stereocenters. The first-order valence-corrected chi connectivity index (χ1v) is 11.0. The summed E-state index contributed by atoms with van der Waals surface area (Å²) in [6, 6.07) is 9.42. The third-order valence-electron chi connectivity index (χ3n) is 4.86. The molecule has 0 saturated carbocycles. The number of carbonyl (C=O) groups is 2. The molecule has 2 N–H and O–H groups in total. The second-order valence-corrected chi connectivity index (χ2v) is 8.53. The lowest BCUT2D eigenvalue weighted by atomic mass is 10.1. The minimum absolute atomic E-state index is 0.0314. The zero-order valence-electron chi connectivity index (χ0n) is 18.2. The number of thiazole rings is 1. The molecule has 2 aromatic heterocycles. The van der Waals surface area contributed by atoms with E-state index in [0.717, 1.165) is 22.4 Å². The first-order valence-electron chi connectivity index (χ1n) is 10.1. The number of pyridine rings is 1. The Kier molecular flexibility index (Phi) is 7.36. The van der Waals surface area contributed by atoms with Gasteiger partial charge >= 0.3 is 6.03 Å². The van der Waals surface area contributed by atoms with Crippen molar-refractivity contribution in [3.8, 4) is 0 Å². The van der Waals surface area contributed by atoms with Gasteiger partial charge in [0.2, 0.25) is 0 Å². The lowest BCUT2D eigenvalue weighted by Gasteiger charge is -2.27. The molecular formula is C23H27N5O2S. The molecule has 31 heavy (non-hydrogen) atoms. The van der Waals surface area contributed by atoms with Crippen LogP contribution in [-0.2, 0) is 13.1 Å². The van der Waals surface area contributed by atoms with Gasteiger partial charge in [-0.1, -0.05) is 24.3 Å². The van der Waals surface area contributed by atoms with Crippen LogP contribution < -0.4 is 10.6 Å². The monoisotopic (exact) mass is 437 g/mol. The van der Waals surface area contributed by atoms with Crippen LogP contribution in [0.15, 0.2) is 48.1 Å². The summed E-state index contributed by atoms with van der Waals surface area (Å²) in [5, 5.41) is 8.30. The topological polar surface area (TPSA) is 87.2 Å².